The molecular formula is C19H27BO2. The lowest BCUT2D eigenvalue weighted by atomic mass is 9.23. The number of rotatable bonds is 2. The van der Waals surface area contributed by atoms with E-state index in [-0.39, 0.29) is 23.6 Å². The van der Waals surface area contributed by atoms with E-state index in [1.807, 2.05) is 0 Å². The second kappa shape index (κ2) is 3.99. The summed E-state index contributed by atoms with van der Waals surface area (Å²) in [6.45, 7) is 13.0. The summed E-state index contributed by atoms with van der Waals surface area (Å²) in [5.74, 6) is 0. The minimum atomic E-state index is -0.208. The molecule has 4 aliphatic rings. The van der Waals surface area contributed by atoms with Crippen LogP contribution in [0.5, 0.6) is 0 Å². The van der Waals surface area contributed by atoms with Crippen LogP contribution in [0.2, 0.25) is 5.31 Å². The van der Waals surface area contributed by atoms with Crippen LogP contribution < -0.4 is 0 Å². The van der Waals surface area contributed by atoms with Crippen LogP contribution >= 0.6 is 0 Å². The Kier molecular flexibility index (Phi) is 2.68. The molecule has 0 aromatic heterocycles. The van der Waals surface area contributed by atoms with Gasteiger partial charge in [-0.1, -0.05) is 29.3 Å². The van der Waals surface area contributed by atoms with Gasteiger partial charge in [-0.2, -0.15) is 0 Å². The molecule has 0 spiro atoms. The molecule has 0 radical (unpaired) electrons. The molecule has 3 saturated carbocycles. The molecule has 1 aromatic carbocycles. The fraction of sp³-hybridized carbons (Fsp3) is 0.684. The quantitative estimate of drug-likeness (QED) is 0.745. The zero-order valence-corrected chi connectivity index (χ0v) is 14.7. The summed E-state index contributed by atoms with van der Waals surface area (Å²) in [5.41, 5.74) is 4.28. The van der Waals surface area contributed by atoms with E-state index in [1.165, 1.54) is 36.0 Å². The first-order valence-electron chi connectivity index (χ1n) is 8.52. The molecule has 1 saturated heterocycles. The van der Waals surface area contributed by atoms with E-state index in [2.05, 4.69) is 59.7 Å². The van der Waals surface area contributed by atoms with Gasteiger partial charge in [0.05, 0.1) is 11.2 Å². The average molecular weight is 298 g/mol. The molecule has 3 aliphatic carbocycles. The third-order valence-electron chi connectivity index (χ3n) is 6.66. The molecule has 0 N–H and O–H groups in total. The average Bonchev–Trinajstić information content (AvgIpc) is 2.41. The van der Waals surface area contributed by atoms with Crippen LogP contribution in [-0.4, -0.2) is 18.3 Å². The van der Waals surface area contributed by atoms with E-state index in [0.29, 0.717) is 5.41 Å². The normalized spacial score (nSPS) is 37.6. The Balaban J connectivity index is 1.53. The highest BCUT2D eigenvalue weighted by Crippen LogP contribution is 2.80. The fourth-order valence-corrected chi connectivity index (χ4v) is 4.80. The molecule has 0 unspecified atom stereocenters. The summed E-state index contributed by atoms with van der Waals surface area (Å²) < 4.78 is 12.6. The van der Waals surface area contributed by atoms with Crippen LogP contribution in [0.1, 0.15) is 63.6 Å². The number of hydrogen-bond acceptors (Lipinski definition) is 2. The zero-order valence-electron chi connectivity index (χ0n) is 14.7. The molecule has 0 atom stereocenters. The highest BCUT2D eigenvalue weighted by Gasteiger charge is 2.76. The van der Waals surface area contributed by atoms with E-state index < -0.39 is 0 Å². The summed E-state index contributed by atoms with van der Waals surface area (Å²) in [7, 11) is -0.0229. The Morgan fingerprint density at radius 1 is 0.818 bits per heavy atom. The Morgan fingerprint density at radius 2 is 1.27 bits per heavy atom. The van der Waals surface area contributed by atoms with Crippen LogP contribution in [0.4, 0.5) is 0 Å². The summed E-state index contributed by atoms with van der Waals surface area (Å²) >= 11 is 0. The molecule has 2 nitrogen and oxygen atoms in total. The summed E-state index contributed by atoms with van der Waals surface area (Å²) in [4.78, 5) is 0. The zero-order chi connectivity index (χ0) is 16.0. The molecule has 0 amide bonds. The molecular weight excluding hydrogens is 271 g/mol. The smallest absolute Gasteiger partial charge is 0.403 e. The highest BCUT2D eigenvalue weighted by molar-refractivity contribution is 6.51. The molecule has 2 bridgehead atoms. The summed E-state index contributed by atoms with van der Waals surface area (Å²) in [6, 6.07) is 7.01. The van der Waals surface area contributed by atoms with Crippen LogP contribution in [0.15, 0.2) is 18.2 Å². The second-order valence-corrected chi connectivity index (χ2v) is 9.14. The number of aryl methyl sites for hydroxylation is 2. The van der Waals surface area contributed by atoms with Gasteiger partial charge in [0.2, 0.25) is 0 Å². The van der Waals surface area contributed by atoms with Gasteiger partial charge < -0.3 is 9.31 Å². The first kappa shape index (κ1) is 14.8. The van der Waals surface area contributed by atoms with Crippen LogP contribution in [0.3, 0.4) is 0 Å². The van der Waals surface area contributed by atoms with E-state index in [4.69, 9.17) is 9.31 Å². The monoisotopic (exact) mass is 298 g/mol. The van der Waals surface area contributed by atoms with Gasteiger partial charge in [0.25, 0.3) is 0 Å². The SMILES string of the molecule is Cc1cc(C)cc(C23CC(B4OC(C)(C)C(C)(C)O4)(C2)C3)c1. The van der Waals surface area contributed by atoms with Crippen molar-refractivity contribution < 1.29 is 9.31 Å². The Morgan fingerprint density at radius 3 is 1.73 bits per heavy atom. The summed E-state index contributed by atoms with van der Waals surface area (Å²) in [5, 5.41) is 0.267. The second-order valence-electron chi connectivity index (χ2n) is 9.14. The highest BCUT2D eigenvalue weighted by atomic mass is 16.7. The predicted octanol–water partition coefficient (Wildman–Crippen LogP) is 4.57. The standard InChI is InChI=1S/C19H27BO2/c1-13-7-14(2)9-15(8-13)18-10-19(11-18,12-18)20-21-16(3,4)17(5,6)22-20/h7-9H,10-12H2,1-6H3. The Hall–Kier alpha value is -0.795. The third kappa shape index (κ3) is 1.76. The molecule has 4 fully saturated rings. The Bertz CT molecular complexity index is 591. The molecule has 118 valence electrons. The van der Waals surface area contributed by atoms with Gasteiger partial charge >= 0.3 is 7.12 Å². The molecule has 1 aromatic rings. The van der Waals surface area contributed by atoms with E-state index >= 15 is 0 Å². The molecule has 1 heterocycles. The van der Waals surface area contributed by atoms with E-state index in [9.17, 15) is 0 Å². The fourth-order valence-electron chi connectivity index (χ4n) is 4.80. The van der Waals surface area contributed by atoms with Crippen molar-refractivity contribution in [2.24, 2.45) is 0 Å². The summed E-state index contributed by atoms with van der Waals surface area (Å²) in [6.07, 6.45) is 3.67. The van der Waals surface area contributed by atoms with Gasteiger partial charge in [-0.05, 0) is 71.8 Å². The first-order valence-corrected chi connectivity index (χ1v) is 8.52. The number of hydrogen-bond donors (Lipinski definition) is 0. The maximum atomic E-state index is 6.31. The van der Waals surface area contributed by atoms with Gasteiger partial charge in [0.15, 0.2) is 0 Å². The molecule has 22 heavy (non-hydrogen) atoms. The van der Waals surface area contributed by atoms with Gasteiger partial charge in [-0.25, -0.2) is 0 Å². The van der Waals surface area contributed by atoms with Crippen molar-refractivity contribution in [3.63, 3.8) is 0 Å². The van der Waals surface area contributed by atoms with Crippen LogP contribution in [0.25, 0.3) is 0 Å². The minimum absolute atomic E-state index is 0.0229. The Labute approximate surface area is 134 Å². The maximum absolute atomic E-state index is 6.31. The first-order chi connectivity index (χ1) is 10.1. The van der Waals surface area contributed by atoms with E-state index in [0.717, 1.165) is 0 Å². The minimum Gasteiger partial charge on any atom is -0.403 e. The van der Waals surface area contributed by atoms with Crippen molar-refractivity contribution >= 4 is 7.12 Å². The van der Waals surface area contributed by atoms with Crippen molar-refractivity contribution in [1.82, 2.24) is 0 Å². The lowest BCUT2D eigenvalue weighted by Crippen LogP contribution is -2.66. The maximum Gasteiger partial charge on any atom is 0.464 e. The van der Waals surface area contributed by atoms with Crippen LogP contribution in [0, 0.1) is 13.8 Å². The third-order valence-corrected chi connectivity index (χ3v) is 6.66. The molecule has 3 heteroatoms. The molecule has 1 aliphatic heterocycles. The molecule has 5 rings (SSSR count). The lowest BCUT2D eigenvalue weighted by Gasteiger charge is -2.71. The van der Waals surface area contributed by atoms with Gasteiger partial charge in [0, 0.05) is 5.31 Å². The van der Waals surface area contributed by atoms with Crippen molar-refractivity contribution in [1.29, 1.82) is 0 Å². The van der Waals surface area contributed by atoms with Crippen molar-refractivity contribution in [3.8, 4) is 0 Å². The van der Waals surface area contributed by atoms with Crippen molar-refractivity contribution in [2.45, 2.75) is 82.7 Å². The lowest BCUT2D eigenvalue weighted by molar-refractivity contribution is -0.0384. The van der Waals surface area contributed by atoms with Crippen molar-refractivity contribution in [3.05, 3.63) is 34.9 Å². The topological polar surface area (TPSA) is 18.5 Å². The van der Waals surface area contributed by atoms with Crippen LogP contribution in [-0.2, 0) is 14.7 Å². The van der Waals surface area contributed by atoms with Gasteiger partial charge in [0.1, 0.15) is 0 Å². The van der Waals surface area contributed by atoms with Crippen molar-refractivity contribution in [2.75, 3.05) is 0 Å². The predicted molar refractivity (Wildman–Crippen MR) is 90.2 cm³/mol. The number of benzene rings is 1. The van der Waals surface area contributed by atoms with Gasteiger partial charge in [-0.3, -0.25) is 0 Å². The van der Waals surface area contributed by atoms with Gasteiger partial charge in [-0.15, -0.1) is 0 Å². The largest absolute Gasteiger partial charge is 0.464 e. The van der Waals surface area contributed by atoms with E-state index in [1.54, 1.807) is 0 Å².